The van der Waals surface area contributed by atoms with E-state index in [-0.39, 0.29) is 6.10 Å². The molecule has 0 radical (unpaired) electrons. The Hall–Kier alpha value is -0.300. The summed E-state index contributed by atoms with van der Waals surface area (Å²) in [5, 5.41) is 9.79. The van der Waals surface area contributed by atoms with Gasteiger partial charge in [-0.05, 0) is 62.7 Å². The van der Waals surface area contributed by atoms with Crippen LogP contribution in [0.5, 0.6) is 0 Å². The van der Waals surface area contributed by atoms with E-state index in [1.807, 2.05) is 0 Å². The first kappa shape index (κ1) is 10.8. The number of fused-ring (bicyclic) bond motifs is 2. The molecule has 0 amide bonds. The Morgan fingerprint density at radius 1 is 1.12 bits per heavy atom. The van der Waals surface area contributed by atoms with Gasteiger partial charge in [0.05, 0.1) is 6.10 Å². The van der Waals surface area contributed by atoms with Gasteiger partial charge >= 0.3 is 0 Å². The Morgan fingerprint density at radius 2 is 2.06 bits per heavy atom. The zero-order valence-electron chi connectivity index (χ0n) is 10.2. The normalized spacial score (nSPS) is 43.2. The molecule has 0 saturated heterocycles. The van der Waals surface area contributed by atoms with Crippen LogP contribution in [0.2, 0.25) is 0 Å². The summed E-state index contributed by atoms with van der Waals surface area (Å²) >= 11 is 0. The van der Waals surface area contributed by atoms with Crippen LogP contribution in [0.3, 0.4) is 0 Å². The Balaban J connectivity index is 1.61. The first-order chi connectivity index (χ1) is 7.81. The lowest BCUT2D eigenvalue weighted by Crippen LogP contribution is -2.11. The number of hydrogen-bond donors (Lipinski definition) is 1. The standard InChI is InChI=1S/C15H24O/c16-15-4-2-1-3-11(10-15)8-14-9-12-5-6-13(14)7-12/h10,12-16H,1-9H2. The van der Waals surface area contributed by atoms with Crippen molar-refractivity contribution in [3.63, 3.8) is 0 Å². The van der Waals surface area contributed by atoms with Crippen LogP contribution in [-0.2, 0) is 0 Å². The second-order valence-electron chi connectivity index (χ2n) is 6.28. The van der Waals surface area contributed by atoms with Gasteiger partial charge in [-0.3, -0.25) is 0 Å². The van der Waals surface area contributed by atoms with Gasteiger partial charge < -0.3 is 5.11 Å². The van der Waals surface area contributed by atoms with Crippen LogP contribution in [0.4, 0.5) is 0 Å². The highest BCUT2D eigenvalue weighted by atomic mass is 16.3. The molecule has 1 N–H and O–H groups in total. The molecule has 0 spiro atoms. The summed E-state index contributed by atoms with van der Waals surface area (Å²) in [7, 11) is 0. The molecular weight excluding hydrogens is 196 g/mol. The minimum atomic E-state index is -0.143. The van der Waals surface area contributed by atoms with E-state index in [0.717, 1.165) is 24.2 Å². The van der Waals surface area contributed by atoms with Crippen LogP contribution in [0.1, 0.15) is 57.8 Å². The largest absolute Gasteiger partial charge is 0.389 e. The van der Waals surface area contributed by atoms with Crippen LogP contribution in [0.25, 0.3) is 0 Å². The van der Waals surface area contributed by atoms with E-state index < -0.39 is 0 Å². The maximum absolute atomic E-state index is 9.79. The lowest BCUT2D eigenvalue weighted by atomic mass is 9.83. The zero-order chi connectivity index (χ0) is 11.0. The fraction of sp³-hybridized carbons (Fsp3) is 0.867. The van der Waals surface area contributed by atoms with Crippen LogP contribution in [0.15, 0.2) is 11.6 Å². The molecule has 90 valence electrons. The van der Waals surface area contributed by atoms with Gasteiger partial charge in [0.15, 0.2) is 0 Å². The molecular formula is C15H24O. The third-order valence-electron chi connectivity index (χ3n) is 5.08. The van der Waals surface area contributed by atoms with E-state index in [4.69, 9.17) is 0 Å². The number of aliphatic hydroxyl groups excluding tert-OH is 1. The molecule has 16 heavy (non-hydrogen) atoms. The highest BCUT2D eigenvalue weighted by molar-refractivity contribution is 5.09. The van der Waals surface area contributed by atoms with Gasteiger partial charge in [0.25, 0.3) is 0 Å². The molecule has 2 bridgehead atoms. The smallest absolute Gasteiger partial charge is 0.0723 e. The maximum atomic E-state index is 9.79. The minimum absolute atomic E-state index is 0.143. The predicted molar refractivity (Wildman–Crippen MR) is 66.1 cm³/mol. The molecule has 0 heterocycles. The Bertz CT molecular complexity index is 281. The first-order valence-electron chi connectivity index (χ1n) is 7.19. The Morgan fingerprint density at radius 3 is 2.81 bits per heavy atom. The van der Waals surface area contributed by atoms with Crippen LogP contribution < -0.4 is 0 Å². The monoisotopic (exact) mass is 220 g/mol. The summed E-state index contributed by atoms with van der Waals surface area (Å²) in [6.45, 7) is 0. The number of aliphatic hydroxyl groups is 1. The Labute approximate surface area is 98.9 Å². The van der Waals surface area contributed by atoms with Gasteiger partial charge in [0.1, 0.15) is 0 Å². The molecule has 3 aliphatic rings. The number of allylic oxidation sites excluding steroid dienone is 1. The molecule has 3 rings (SSSR count). The summed E-state index contributed by atoms with van der Waals surface area (Å²) in [4.78, 5) is 0. The van der Waals surface area contributed by atoms with E-state index >= 15 is 0 Å². The molecule has 0 aromatic heterocycles. The Kier molecular flexibility index (Phi) is 3.06. The van der Waals surface area contributed by atoms with Gasteiger partial charge in [0, 0.05) is 0 Å². The van der Waals surface area contributed by atoms with Gasteiger partial charge in [-0.2, -0.15) is 0 Å². The maximum Gasteiger partial charge on any atom is 0.0723 e. The van der Waals surface area contributed by atoms with Crippen molar-refractivity contribution >= 4 is 0 Å². The van der Waals surface area contributed by atoms with E-state index in [1.54, 1.807) is 5.57 Å². The van der Waals surface area contributed by atoms with Crippen molar-refractivity contribution in [2.75, 3.05) is 0 Å². The molecule has 2 fully saturated rings. The van der Waals surface area contributed by atoms with Gasteiger partial charge in [-0.25, -0.2) is 0 Å². The van der Waals surface area contributed by atoms with E-state index in [1.165, 1.54) is 51.4 Å². The van der Waals surface area contributed by atoms with Crippen molar-refractivity contribution in [1.82, 2.24) is 0 Å². The molecule has 0 aliphatic heterocycles. The van der Waals surface area contributed by atoms with Crippen molar-refractivity contribution in [2.24, 2.45) is 17.8 Å². The molecule has 1 nitrogen and oxygen atoms in total. The average molecular weight is 220 g/mol. The number of rotatable bonds is 2. The third kappa shape index (κ3) is 2.20. The van der Waals surface area contributed by atoms with Gasteiger partial charge in [-0.1, -0.05) is 24.5 Å². The lowest BCUT2D eigenvalue weighted by Gasteiger charge is -2.22. The summed E-state index contributed by atoms with van der Waals surface area (Å²) in [6, 6.07) is 0. The zero-order valence-corrected chi connectivity index (χ0v) is 10.2. The topological polar surface area (TPSA) is 20.2 Å². The van der Waals surface area contributed by atoms with E-state index in [2.05, 4.69) is 6.08 Å². The average Bonchev–Trinajstić information content (AvgIpc) is 2.80. The van der Waals surface area contributed by atoms with Crippen molar-refractivity contribution in [1.29, 1.82) is 0 Å². The SMILES string of the molecule is OC1C=C(CC2CC3CCC2C3)CCCC1. The van der Waals surface area contributed by atoms with Crippen molar-refractivity contribution in [3.05, 3.63) is 11.6 Å². The second-order valence-corrected chi connectivity index (χ2v) is 6.28. The fourth-order valence-corrected chi connectivity index (χ4v) is 4.28. The second kappa shape index (κ2) is 4.52. The van der Waals surface area contributed by atoms with Crippen molar-refractivity contribution in [2.45, 2.75) is 63.9 Å². The van der Waals surface area contributed by atoms with Crippen LogP contribution in [-0.4, -0.2) is 11.2 Å². The number of hydrogen-bond acceptors (Lipinski definition) is 1. The summed E-state index contributed by atoms with van der Waals surface area (Å²) in [5.74, 6) is 3.06. The van der Waals surface area contributed by atoms with Gasteiger partial charge in [-0.15, -0.1) is 0 Å². The van der Waals surface area contributed by atoms with Crippen molar-refractivity contribution < 1.29 is 5.11 Å². The quantitative estimate of drug-likeness (QED) is 0.704. The van der Waals surface area contributed by atoms with Gasteiger partial charge in [0.2, 0.25) is 0 Å². The molecule has 4 unspecified atom stereocenters. The molecule has 0 aromatic carbocycles. The summed E-state index contributed by atoms with van der Waals surface area (Å²) in [5.41, 5.74) is 1.57. The van der Waals surface area contributed by atoms with Crippen LogP contribution in [0, 0.1) is 17.8 Å². The molecule has 1 heteroatoms. The molecule has 3 aliphatic carbocycles. The lowest BCUT2D eigenvalue weighted by molar-refractivity contribution is 0.210. The third-order valence-corrected chi connectivity index (χ3v) is 5.08. The fourth-order valence-electron chi connectivity index (χ4n) is 4.28. The first-order valence-corrected chi connectivity index (χ1v) is 7.19. The predicted octanol–water partition coefficient (Wildman–Crippen LogP) is 3.67. The highest BCUT2D eigenvalue weighted by Crippen LogP contribution is 2.50. The molecule has 0 aromatic rings. The van der Waals surface area contributed by atoms with E-state index in [0.29, 0.717) is 0 Å². The summed E-state index contributed by atoms with van der Waals surface area (Å²) < 4.78 is 0. The molecule has 2 saturated carbocycles. The summed E-state index contributed by atoms with van der Waals surface area (Å²) in [6.07, 6.45) is 14.1. The minimum Gasteiger partial charge on any atom is -0.389 e. The van der Waals surface area contributed by atoms with Crippen molar-refractivity contribution in [3.8, 4) is 0 Å². The van der Waals surface area contributed by atoms with Crippen LogP contribution >= 0.6 is 0 Å². The van der Waals surface area contributed by atoms with E-state index in [9.17, 15) is 5.11 Å². The molecule has 4 atom stereocenters. The highest BCUT2D eigenvalue weighted by Gasteiger charge is 2.39.